The molecule has 10 heteroatoms. The van der Waals surface area contributed by atoms with Gasteiger partial charge in [0.15, 0.2) is 11.7 Å². The van der Waals surface area contributed by atoms with E-state index in [0.717, 1.165) is 53.9 Å². The van der Waals surface area contributed by atoms with Gasteiger partial charge < -0.3 is 18.8 Å². The lowest BCUT2D eigenvalue weighted by molar-refractivity contribution is 0.0285. The van der Waals surface area contributed by atoms with E-state index in [4.69, 9.17) is 14.1 Å². The third-order valence-corrected chi connectivity index (χ3v) is 7.58. The summed E-state index contributed by atoms with van der Waals surface area (Å²) < 4.78 is 13.0. The zero-order valence-electron chi connectivity index (χ0n) is 21.7. The van der Waals surface area contributed by atoms with Crippen molar-refractivity contribution in [1.82, 2.24) is 19.4 Å². The van der Waals surface area contributed by atoms with Gasteiger partial charge in [-0.25, -0.2) is 9.97 Å². The molecular formula is C27H33N5O4S. The standard InChI is InChI=1S/C27H33N5O4S/c1-17-28-13-22(36-17)23-9-10-24(37-23)25(33)30-26-29-20-12-18(14-31-11-5-6-19(15-31)35-4)7-8-21(20)32(26)16-27(2,3)34/h7-10,12-13,19,34H,5-6,11,14-16H2,1-4H3,(H,29,30,33). The molecule has 1 atom stereocenters. The topological polar surface area (TPSA) is 106 Å². The SMILES string of the molecule is COC1CCCN(Cc2ccc3c(c2)nc(NC(=O)c2ccc(-c4cnc(C)o4)s2)n3CC(C)(C)O)C1. The van der Waals surface area contributed by atoms with Gasteiger partial charge in [0, 0.05) is 27.1 Å². The van der Waals surface area contributed by atoms with Crippen molar-refractivity contribution in [1.29, 1.82) is 0 Å². The molecule has 1 unspecified atom stereocenters. The van der Waals surface area contributed by atoms with E-state index in [9.17, 15) is 9.90 Å². The number of ether oxygens (including phenoxy) is 1. The summed E-state index contributed by atoms with van der Waals surface area (Å²) in [7, 11) is 1.78. The maximum Gasteiger partial charge on any atom is 0.268 e. The van der Waals surface area contributed by atoms with Crippen LogP contribution in [0.15, 0.2) is 40.9 Å². The molecule has 0 radical (unpaired) electrons. The Hall–Kier alpha value is -3.05. The average molecular weight is 524 g/mol. The molecule has 9 nitrogen and oxygen atoms in total. The lowest BCUT2D eigenvalue weighted by atomic mass is 10.1. The normalized spacial score (nSPS) is 16.9. The summed E-state index contributed by atoms with van der Waals surface area (Å²) in [4.78, 5) is 25.8. The number of imidazole rings is 1. The molecule has 0 aliphatic carbocycles. The highest BCUT2D eigenvalue weighted by atomic mass is 32.1. The number of amides is 1. The van der Waals surface area contributed by atoms with Crippen LogP contribution in [0, 0.1) is 6.92 Å². The second kappa shape index (κ2) is 10.4. The Morgan fingerprint density at radius 2 is 2.16 bits per heavy atom. The minimum Gasteiger partial charge on any atom is -0.440 e. The van der Waals surface area contributed by atoms with E-state index in [1.807, 2.05) is 16.7 Å². The molecule has 37 heavy (non-hydrogen) atoms. The predicted molar refractivity (Wildman–Crippen MR) is 144 cm³/mol. The van der Waals surface area contributed by atoms with Crippen LogP contribution in [0.25, 0.3) is 21.7 Å². The van der Waals surface area contributed by atoms with E-state index in [-0.39, 0.29) is 18.6 Å². The summed E-state index contributed by atoms with van der Waals surface area (Å²) in [5.41, 5.74) is 1.80. The predicted octanol–water partition coefficient (Wildman–Crippen LogP) is 4.70. The molecule has 1 aliphatic rings. The lowest BCUT2D eigenvalue weighted by Crippen LogP contribution is -2.38. The van der Waals surface area contributed by atoms with Gasteiger partial charge in [-0.2, -0.15) is 0 Å². The van der Waals surface area contributed by atoms with Crippen molar-refractivity contribution in [3.05, 3.63) is 52.9 Å². The molecule has 1 saturated heterocycles. The number of hydrogen-bond donors (Lipinski definition) is 2. The molecule has 4 heterocycles. The summed E-state index contributed by atoms with van der Waals surface area (Å²) in [6, 6.07) is 9.79. The first-order valence-corrected chi connectivity index (χ1v) is 13.3. The Morgan fingerprint density at radius 3 is 2.89 bits per heavy atom. The Labute approximate surface area is 220 Å². The Bertz CT molecular complexity index is 1400. The third-order valence-electron chi connectivity index (χ3n) is 6.48. The number of nitrogens with one attached hydrogen (secondary N) is 1. The Kier molecular flexibility index (Phi) is 7.17. The molecular weight excluding hydrogens is 490 g/mol. The van der Waals surface area contributed by atoms with Gasteiger partial charge >= 0.3 is 0 Å². The van der Waals surface area contributed by atoms with Gasteiger partial charge in [-0.3, -0.25) is 15.0 Å². The number of rotatable bonds is 8. The second-order valence-electron chi connectivity index (χ2n) is 10.3. The number of methoxy groups -OCH3 is 1. The minimum absolute atomic E-state index is 0.265. The van der Waals surface area contributed by atoms with Crippen molar-refractivity contribution < 1.29 is 19.1 Å². The smallest absolute Gasteiger partial charge is 0.268 e. The first-order valence-electron chi connectivity index (χ1n) is 12.5. The third kappa shape index (κ3) is 5.93. The van der Waals surface area contributed by atoms with E-state index in [2.05, 4.69) is 27.3 Å². The monoisotopic (exact) mass is 523 g/mol. The fraction of sp³-hybridized carbons (Fsp3) is 0.444. The fourth-order valence-corrected chi connectivity index (χ4v) is 5.60. The van der Waals surface area contributed by atoms with Crippen LogP contribution in [0.2, 0.25) is 0 Å². The number of benzene rings is 1. The summed E-state index contributed by atoms with van der Waals surface area (Å²) in [6.45, 7) is 8.33. The van der Waals surface area contributed by atoms with Crippen LogP contribution >= 0.6 is 11.3 Å². The highest BCUT2D eigenvalue weighted by Crippen LogP contribution is 2.30. The number of aryl methyl sites for hydroxylation is 1. The number of oxazole rings is 1. The first-order chi connectivity index (χ1) is 17.7. The molecule has 0 bridgehead atoms. The van der Waals surface area contributed by atoms with Crippen LogP contribution in [0.5, 0.6) is 0 Å². The lowest BCUT2D eigenvalue weighted by Gasteiger charge is -2.31. The number of fused-ring (bicyclic) bond motifs is 1. The van der Waals surface area contributed by atoms with Gasteiger partial charge in [0.25, 0.3) is 5.91 Å². The number of likely N-dealkylation sites (tertiary alicyclic amines) is 1. The van der Waals surface area contributed by atoms with E-state index >= 15 is 0 Å². The second-order valence-corrected chi connectivity index (χ2v) is 11.3. The summed E-state index contributed by atoms with van der Waals surface area (Å²) >= 11 is 1.33. The number of carbonyl (C=O) groups is 1. The zero-order chi connectivity index (χ0) is 26.2. The number of nitrogens with zero attached hydrogens (tertiary/aromatic N) is 4. The molecule has 1 aliphatic heterocycles. The van der Waals surface area contributed by atoms with E-state index in [1.54, 1.807) is 40.1 Å². The molecule has 3 aromatic heterocycles. The quantitative estimate of drug-likeness (QED) is 0.345. The molecule has 4 aromatic rings. The Balaban J connectivity index is 1.40. The van der Waals surface area contributed by atoms with Crippen molar-refractivity contribution >= 4 is 34.2 Å². The summed E-state index contributed by atoms with van der Waals surface area (Å²) in [5.74, 6) is 1.35. The van der Waals surface area contributed by atoms with Gasteiger partial charge in [-0.15, -0.1) is 11.3 Å². The van der Waals surface area contributed by atoms with Crippen LogP contribution in [-0.2, 0) is 17.8 Å². The molecule has 0 spiro atoms. The van der Waals surface area contributed by atoms with Gasteiger partial charge in [0.1, 0.15) is 0 Å². The van der Waals surface area contributed by atoms with Crippen LogP contribution in [0.1, 0.15) is 47.8 Å². The fourth-order valence-electron chi connectivity index (χ4n) is 4.75. The minimum atomic E-state index is -0.991. The number of aliphatic hydroxyl groups is 1. The molecule has 1 aromatic carbocycles. The number of hydrogen-bond acceptors (Lipinski definition) is 8. The number of aromatic nitrogens is 3. The maximum absolute atomic E-state index is 13.2. The van der Waals surface area contributed by atoms with Crippen molar-refractivity contribution in [2.24, 2.45) is 0 Å². The number of thiophene rings is 1. The van der Waals surface area contributed by atoms with Gasteiger partial charge in [0.2, 0.25) is 5.95 Å². The van der Waals surface area contributed by atoms with E-state index < -0.39 is 5.60 Å². The highest BCUT2D eigenvalue weighted by Gasteiger charge is 2.23. The van der Waals surface area contributed by atoms with Gasteiger partial charge in [-0.05, 0) is 63.1 Å². The molecule has 196 valence electrons. The van der Waals surface area contributed by atoms with Crippen molar-refractivity contribution in [3.8, 4) is 10.6 Å². The first kappa shape index (κ1) is 25.6. The van der Waals surface area contributed by atoms with Crippen molar-refractivity contribution in [3.63, 3.8) is 0 Å². The van der Waals surface area contributed by atoms with Gasteiger partial charge in [0.05, 0.1) is 45.2 Å². The average Bonchev–Trinajstić information content (AvgIpc) is 3.58. The molecule has 1 fully saturated rings. The van der Waals surface area contributed by atoms with Crippen LogP contribution in [-0.4, -0.2) is 62.4 Å². The number of anilines is 1. The summed E-state index contributed by atoms with van der Waals surface area (Å²) in [6.07, 6.45) is 4.15. The Morgan fingerprint density at radius 1 is 1.32 bits per heavy atom. The van der Waals surface area contributed by atoms with Crippen LogP contribution in [0.3, 0.4) is 0 Å². The summed E-state index contributed by atoms with van der Waals surface area (Å²) in [5, 5.41) is 13.5. The number of carbonyl (C=O) groups excluding carboxylic acids is 1. The van der Waals surface area contributed by atoms with Crippen LogP contribution < -0.4 is 5.32 Å². The molecule has 5 rings (SSSR count). The highest BCUT2D eigenvalue weighted by molar-refractivity contribution is 7.17. The largest absolute Gasteiger partial charge is 0.440 e. The molecule has 0 saturated carbocycles. The maximum atomic E-state index is 13.2. The molecule has 1 amide bonds. The van der Waals surface area contributed by atoms with Crippen molar-refractivity contribution in [2.45, 2.75) is 58.4 Å². The van der Waals surface area contributed by atoms with E-state index in [0.29, 0.717) is 22.5 Å². The van der Waals surface area contributed by atoms with Gasteiger partial charge in [-0.1, -0.05) is 6.07 Å². The van der Waals surface area contributed by atoms with E-state index in [1.165, 1.54) is 11.3 Å². The number of piperidine rings is 1. The molecule has 2 N–H and O–H groups in total. The van der Waals surface area contributed by atoms with Crippen LogP contribution in [0.4, 0.5) is 5.95 Å². The van der Waals surface area contributed by atoms with Crippen molar-refractivity contribution in [2.75, 3.05) is 25.5 Å². The zero-order valence-corrected chi connectivity index (χ0v) is 22.5.